The third kappa shape index (κ3) is 3.59. The zero-order chi connectivity index (χ0) is 21.4. The number of carbonyl (C=O) groups excluding carboxylic acids is 1. The minimum absolute atomic E-state index is 0.0879. The highest BCUT2D eigenvalue weighted by Crippen LogP contribution is 2.24. The molecule has 2 aromatic heterocycles. The van der Waals surface area contributed by atoms with Crippen molar-refractivity contribution in [3.63, 3.8) is 0 Å². The van der Waals surface area contributed by atoms with E-state index in [0.717, 1.165) is 27.8 Å². The molecule has 1 N–H and O–H groups in total. The summed E-state index contributed by atoms with van der Waals surface area (Å²) >= 11 is 1.26. The predicted octanol–water partition coefficient (Wildman–Crippen LogP) is 3.65. The van der Waals surface area contributed by atoms with Crippen LogP contribution in [0.25, 0.3) is 21.7 Å². The Bertz CT molecular complexity index is 1340. The van der Waals surface area contributed by atoms with E-state index in [9.17, 15) is 9.59 Å². The van der Waals surface area contributed by atoms with Gasteiger partial charge in [-0.2, -0.15) is 5.10 Å². The van der Waals surface area contributed by atoms with Crippen LogP contribution in [0.15, 0.2) is 46.3 Å². The number of aryl methyl sites for hydroxylation is 2. The molecule has 1 amide bonds. The van der Waals surface area contributed by atoms with Crippen molar-refractivity contribution in [3.8, 4) is 0 Å². The quantitative estimate of drug-likeness (QED) is 0.302. The highest BCUT2D eigenvalue weighted by Gasteiger charge is 2.16. The van der Waals surface area contributed by atoms with E-state index in [-0.39, 0.29) is 17.2 Å². The molecule has 4 aromatic rings. The van der Waals surface area contributed by atoms with E-state index in [4.69, 9.17) is 4.98 Å². The summed E-state index contributed by atoms with van der Waals surface area (Å²) in [6.07, 6.45) is 0. The first-order valence-electron chi connectivity index (χ1n) is 9.75. The Morgan fingerprint density at radius 1 is 1.17 bits per heavy atom. The van der Waals surface area contributed by atoms with Gasteiger partial charge < -0.3 is 5.32 Å². The molecule has 0 saturated carbocycles. The van der Waals surface area contributed by atoms with Gasteiger partial charge in [-0.3, -0.25) is 18.8 Å². The van der Waals surface area contributed by atoms with Crippen LogP contribution >= 0.6 is 11.8 Å². The lowest BCUT2D eigenvalue weighted by molar-refractivity contribution is -0.113. The average molecular weight is 422 g/mol. The molecule has 30 heavy (non-hydrogen) atoms. The van der Waals surface area contributed by atoms with Gasteiger partial charge in [0.25, 0.3) is 5.56 Å². The van der Waals surface area contributed by atoms with Crippen LogP contribution in [0, 0.1) is 13.8 Å². The first-order valence-corrected chi connectivity index (χ1v) is 10.7. The Kier molecular flexibility index (Phi) is 5.34. The van der Waals surface area contributed by atoms with Gasteiger partial charge in [-0.1, -0.05) is 36.0 Å². The van der Waals surface area contributed by atoms with Gasteiger partial charge in [0.2, 0.25) is 5.91 Å². The summed E-state index contributed by atoms with van der Waals surface area (Å²) in [7, 11) is 1.84. The molecule has 0 spiro atoms. The number of carbonyl (C=O) groups is 1. The Morgan fingerprint density at radius 2 is 1.87 bits per heavy atom. The number of anilines is 1. The largest absolute Gasteiger partial charge is 0.322 e. The lowest BCUT2D eigenvalue weighted by Crippen LogP contribution is -2.23. The molecule has 0 aliphatic carbocycles. The van der Waals surface area contributed by atoms with E-state index in [0.29, 0.717) is 22.6 Å². The van der Waals surface area contributed by atoms with E-state index in [1.165, 1.54) is 11.8 Å². The van der Waals surface area contributed by atoms with Gasteiger partial charge in [-0.05, 0) is 43.7 Å². The zero-order valence-electron chi connectivity index (χ0n) is 17.4. The smallest absolute Gasteiger partial charge is 0.262 e. The molecule has 0 aliphatic heterocycles. The summed E-state index contributed by atoms with van der Waals surface area (Å²) in [5.41, 5.74) is 2.95. The molecule has 0 atom stereocenters. The van der Waals surface area contributed by atoms with Crippen molar-refractivity contribution in [2.45, 2.75) is 32.5 Å². The third-order valence-corrected chi connectivity index (χ3v) is 6.19. The van der Waals surface area contributed by atoms with Crippen molar-refractivity contribution in [1.29, 1.82) is 0 Å². The summed E-state index contributed by atoms with van der Waals surface area (Å²) < 4.78 is 3.36. The molecule has 2 heterocycles. The zero-order valence-corrected chi connectivity index (χ0v) is 18.2. The van der Waals surface area contributed by atoms with Crippen molar-refractivity contribution >= 4 is 45.0 Å². The van der Waals surface area contributed by atoms with E-state index < -0.39 is 0 Å². The second kappa shape index (κ2) is 7.95. The second-order valence-corrected chi connectivity index (χ2v) is 8.11. The van der Waals surface area contributed by atoms with Crippen LogP contribution in [0.1, 0.15) is 18.3 Å². The molecular weight excluding hydrogens is 398 g/mol. The van der Waals surface area contributed by atoms with Gasteiger partial charge in [-0.25, -0.2) is 4.98 Å². The van der Waals surface area contributed by atoms with Gasteiger partial charge in [0.05, 0.1) is 33.7 Å². The number of hydrogen-bond donors (Lipinski definition) is 1. The molecule has 0 radical (unpaired) electrons. The summed E-state index contributed by atoms with van der Waals surface area (Å²) in [5.74, 6) is -0.00559. The molecule has 0 saturated heterocycles. The molecule has 0 bridgehead atoms. The standard InChI is InChI=1S/C22H23N5O2S/c1-5-27-21(29)17-10-15-8-6-7-9-16(15)11-18(17)23-22(27)30-12-19(28)24-20-13(2)25-26(4)14(20)3/h6-11H,5,12H2,1-4H3,(H,24,28). The fourth-order valence-electron chi connectivity index (χ4n) is 3.54. The van der Waals surface area contributed by atoms with E-state index >= 15 is 0 Å². The Hall–Kier alpha value is -3.13. The van der Waals surface area contributed by atoms with Gasteiger partial charge in [0, 0.05) is 13.6 Å². The maximum atomic E-state index is 13.0. The first-order chi connectivity index (χ1) is 14.4. The molecule has 0 fully saturated rings. The molecule has 0 aliphatic rings. The number of nitrogens with one attached hydrogen (secondary N) is 1. The molecule has 154 valence electrons. The molecule has 7 nitrogen and oxygen atoms in total. The normalized spacial score (nSPS) is 11.3. The number of amides is 1. The maximum absolute atomic E-state index is 13.0. The number of aromatic nitrogens is 4. The second-order valence-electron chi connectivity index (χ2n) is 7.17. The Morgan fingerprint density at radius 3 is 2.50 bits per heavy atom. The number of benzene rings is 2. The van der Waals surface area contributed by atoms with Crippen LogP contribution < -0.4 is 10.9 Å². The minimum atomic E-state index is -0.158. The molecule has 4 rings (SSSR count). The summed E-state index contributed by atoms with van der Waals surface area (Å²) in [5, 5.41) is 10.4. The van der Waals surface area contributed by atoms with Crippen molar-refractivity contribution < 1.29 is 4.79 Å². The fourth-order valence-corrected chi connectivity index (χ4v) is 4.40. The average Bonchev–Trinajstić information content (AvgIpc) is 2.97. The Labute approximate surface area is 178 Å². The number of hydrogen-bond acceptors (Lipinski definition) is 5. The van der Waals surface area contributed by atoms with Crippen LogP contribution in [0.2, 0.25) is 0 Å². The van der Waals surface area contributed by atoms with E-state index in [1.807, 2.05) is 64.2 Å². The van der Waals surface area contributed by atoms with Gasteiger partial charge in [-0.15, -0.1) is 0 Å². The summed E-state index contributed by atoms with van der Waals surface area (Å²) in [6, 6.07) is 11.7. The first kappa shape index (κ1) is 20.2. The van der Waals surface area contributed by atoms with Crippen molar-refractivity contribution in [1.82, 2.24) is 19.3 Å². The lowest BCUT2D eigenvalue weighted by atomic mass is 10.1. The molecule has 8 heteroatoms. The number of rotatable bonds is 5. The summed E-state index contributed by atoms with van der Waals surface area (Å²) in [6.45, 7) is 6.16. The SMILES string of the molecule is CCn1c(SCC(=O)Nc2c(C)nn(C)c2C)nc2cc3ccccc3cc2c1=O. The van der Waals surface area contributed by atoms with Crippen molar-refractivity contribution in [3.05, 3.63) is 58.1 Å². The fraction of sp³-hybridized carbons (Fsp3) is 0.273. The van der Waals surface area contributed by atoms with Crippen molar-refractivity contribution in [2.75, 3.05) is 11.1 Å². The number of fused-ring (bicyclic) bond motifs is 2. The molecule has 0 unspecified atom stereocenters. The van der Waals surface area contributed by atoms with E-state index in [1.54, 1.807) is 9.25 Å². The number of nitrogens with zero attached hydrogens (tertiary/aromatic N) is 4. The lowest BCUT2D eigenvalue weighted by Gasteiger charge is -2.12. The highest BCUT2D eigenvalue weighted by atomic mass is 32.2. The van der Waals surface area contributed by atoms with Crippen LogP contribution in [0.3, 0.4) is 0 Å². The van der Waals surface area contributed by atoms with Crippen LogP contribution in [-0.2, 0) is 18.4 Å². The van der Waals surface area contributed by atoms with Crippen LogP contribution in [-0.4, -0.2) is 31.0 Å². The Balaban J connectivity index is 1.64. The molecular formula is C22H23N5O2S. The predicted molar refractivity (Wildman–Crippen MR) is 121 cm³/mol. The van der Waals surface area contributed by atoms with Crippen LogP contribution in [0.4, 0.5) is 5.69 Å². The minimum Gasteiger partial charge on any atom is -0.322 e. The summed E-state index contributed by atoms with van der Waals surface area (Å²) in [4.78, 5) is 30.3. The number of thioether (sulfide) groups is 1. The topological polar surface area (TPSA) is 81.8 Å². The highest BCUT2D eigenvalue weighted by molar-refractivity contribution is 7.99. The molecule has 2 aromatic carbocycles. The van der Waals surface area contributed by atoms with Gasteiger partial charge in [0.1, 0.15) is 0 Å². The monoisotopic (exact) mass is 421 g/mol. The van der Waals surface area contributed by atoms with Crippen molar-refractivity contribution in [2.24, 2.45) is 7.05 Å². The van der Waals surface area contributed by atoms with E-state index in [2.05, 4.69) is 10.4 Å². The van der Waals surface area contributed by atoms with Crippen LogP contribution in [0.5, 0.6) is 0 Å². The third-order valence-electron chi connectivity index (χ3n) is 5.21. The maximum Gasteiger partial charge on any atom is 0.262 e. The van der Waals surface area contributed by atoms with Gasteiger partial charge in [0.15, 0.2) is 5.16 Å². The van der Waals surface area contributed by atoms with Gasteiger partial charge >= 0.3 is 0 Å².